The summed E-state index contributed by atoms with van der Waals surface area (Å²) in [6.45, 7) is 6.57. The lowest BCUT2D eigenvalue weighted by atomic mass is 9.61. The Balaban J connectivity index is 2.28. The lowest BCUT2D eigenvalue weighted by molar-refractivity contribution is -0.136. The second-order valence-corrected chi connectivity index (χ2v) is 5.53. The van der Waals surface area contributed by atoms with E-state index in [1.54, 1.807) is 0 Å². The average Bonchev–Trinajstić information content (AvgIpc) is 2.49. The number of ketones is 1. The van der Waals surface area contributed by atoms with Gasteiger partial charge < -0.3 is 0 Å². The number of hydrogen-bond donors (Lipinski definition) is 0. The van der Waals surface area contributed by atoms with Crippen LogP contribution in [-0.4, -0.2) is 5.78 Å². The van der Waals surface area contributed by atoms with Crippen LogP contribution >= 0.6 is 0 Å². The predicted octanol–water partition coefficient (Wildman–Crippen LogP) is 3.04. The molecule has 0 bridgehead atoms. The van der Waals surface area contributed by atoms with Gasteiger partial charge in [-0.25, -0.2) is 0 Å². The molecule has 2 fully saturated rings. The molecule has 0 aromatic heterocycles. The largest absolute Gasteiger partial charge is 0.299 e. The normalized spacial score (nSPS) is 43.3. The zero-order valence-electron chi connectivity index (χ0n) is 8.97. The molecule has 0 aliphatic heterocycles. The molecule has 0 radical (unpaired) electrons. The molecule has 0 aromatic carbocycles. The number of carbonyl (C=O) groups is 1. The van der Waals surface area contributed by atoms with Crippen molar-refractivity contribution in [1.29, 1.82) is 0 Å². The Bertz CT molecular complexity index is 229. The van der Waals surface area contributed by atoms with Crippen LogP contribution in [0.3, 0.4) is 0 Å². The van der Waals surface area contributed by atoms with E-state index in [2.05, 4.69) is 20.8 Å². The van der Waals surface area contributed by atoms with Crippen LogP contribution < -0.4 is 0 Å². The average molecular weight is 180 g/mol. The van der Waals surface area contributed by atoms with Crippen molar-refractivity contribution in [3.8, 4) is 0 Å². The molecule has 3 atom stereocenters. The molecule has 1 nitrogen and oxygen atoms in total. The molecule has 3 unspecified atom stereocenters. The van der Waals surface area contributed by atoms with Crippen molar-refractivity contribution in [2.24, 2.45) is 23.2 Å². The summed E-state index contributed by atoms with van der Waals surface area (Å²) in [5, 5.41) is 0. The lowest BCUT2D eigenvalue weighted by Crippen LogP contribution is -2.43. The molecule has 2 aliphatic rings. The van der Waals surface area contributed by atoms with E-state index in [0.717, 1.165) is 12.3 Å². The van der Waals surface area contributed by atoms with Gasteiger partial charge in [-0.3, -0.25) is 4.79 Å². The minimum absolute atomic E-state index is 0.0202. The van der Waals surface area contributed by atoms with Gasteiger partial charge in [0.05, 0.1) is 0 Å². The van der Waals surface area contributed by atoms with Gasteiger partial charge in [-0.1, -0.05) is 27.2 Å². The van der Waals surface area contributed by atoms with Gasteiger partial charge >= 0.3 is 0 Å². The number of fused-ring (bicyclic) bond motifs is 1. The number of carbonyl (C=O) groups excluding carboxylic acids is 1. The molecule has 2 rings (SSSR count). The monoisotopic (exact) mass is 180 g/mol. The molecular weight excluding hydrogens is 160 g/mol. The maximum absolute atomic E-state index is 11.9. The highest BCUT2D eigenvalue weighted by Gasteiger charge is 2.49. The van der Waals surface area contributed by atoms with E-state index in [0.29, 0.717) is 17.6 Å². The Morgan fingerprint density at radius 1 is 1.31 bits per heavy atom. The lowest BCUT2D eigenvalue weighted by Gasteiger charge is -2.42. The maximum Gasteiger partial charge on any atom is 0.139 e. The van der Waals surface area contributed by atoms with Crippen LogP contribution in [0.25, 0.3) is 0 Å². The first-order valence-corrected chi connectivity index (χ1v) is 5.57. The van der Waals surface area contributed by atoms with Gasteiger partial charge in [-0.05, 0) is 30.6 Å². The number of hydrogen-bond acceptors (Lipinski definition) is 1. The topological polar surface area (TPSA) is 17.1 Å². The molecule has 0 amide bonds. The van der Waals surface area contributed by atoms with E-state index in [1.165, 1.54) is 19.3 Å². The molecule has 0 N–H and O–H groups in total. The highest BCUT2D eigenvalue weighted by atomic mass is 16.1. The van der Waals surface area contributed by atoms with Gasteiger partial charge in [0.2, 0.25) is 0 Å². The van der Waals surface area contributed by atoms with Crippen LogP contribution in [0.1, 0.15) is 46.5 Å². The maximum atomic E-state index is 11.9. The van der Waals surface area contributed by atoms with Crippen molar-refractivity contribution in [3.05, 3.63) is 0 Å². The summed E-state index contributed by atoms with van der Waals surface area (Å²) in [6, 6.07) is 0. The molecule has 0 aromatic rings. The second-order valence-electron chi connectivity index (χ2n) is 5.53. The fraction of sp³-hybridized carbons (Fsp3) is 0.917. The van der Waals surface area contributed by atoms with Crippen molar-refractivity contribution in [2.75, 3.05) is 0 Å². The highest BCUT2D eigenvalue weighted by Crippen LogP contribution is 2.52. The van der Waals surface area contributed by atoms with Gasteiger partial charge in [-0.15, -0.1) is 0 Å². The summed E-state index contributed by atoms with van der Waals surface area (Å²) in [4.78, 5) is 11.9. The summed E-state index contributed by atoms with van der Waals surface area (Å²) in [6.07, 6.45) is 4.82. The highest BCUT2D eigenvalue weighted by molar-refractivity contribution is 5.85. The smallest absolute Gasteiger partial charge is 0.139 e. The Hall–Kier alpha value is -0.330. The zero-order chi connectivity index (χ0) is 9.64. The van der Waals surface area contributed by atoms with Crippen molar-refractivity contribution in [3.63, 3.8) is 0 Å². The summed E-state index contributed by atoms with van der Waals surface area (Å²) < 4.78 is 0. The minimum atomic E-state index is -0.0202. The second kappa shape index (κ2) is 2.83. The Labute approximate surface area is 80.9 Å². The van der Waals surface area contributed by atoms with Gasteiger partial charge in [-0.2, -0.15) is 0 Å². The first-order valence-electron chi connectivity index (χ1n) is 5.57. The molecule has 0 spiro atoms. The molecule has 74 valence electrons. The summed E-state index contributed by atoms with van der Waals surface area (Å²) in [5.41, 5.74) is -0.0202. The molecular formula is C12H20O. The quantitative estimate of drug-likeness (QED) is 0.560. The van der Waals surface area contributed by atoms with E-state index in [9.17, 15) is 4.79 Å². The first kappa shape index (κ1) is 9.23. The van der Waals surface area contributed by atoms with Crippen LogP contribution in [0, 0.1) is 23.2 Å². The molecule has 0 saturated heterocycles. The van der Waals surface area contributed by atoms with Gasteiger partial charge in [0.15, 0.2) is 0 Å². The van der Waals surface area contributed by atoms with Crippen molar-refractivity contribution < 1.29 is 4.79 Å². The molecule has 13 heavy (non-hydrogen) atoms. The van der Waals surface area contributed by atoms with E-state index in [1.807, 2.05) is 0 Å². The summed E-state index contributed by atoms with van der Waals surface area (Å²) >= 11 is 0. The Morgan fingerprint density at radius 3 is 2.69 bits per heavy atom. The van der Waals surface area contributed by atoms with E-state index >= 15 is 0 Å². The number of rotatable bonds is 0. The van der Waals surface area contributed by atoms with Crippen LogP contribution in [0.5, 0.6) is 0 Å². The van der Waals surface area contributed by atoms with Gasteiger partial charge in [0.1, 0.15) is 5.78 Å². The first-order chi connectivity index (χ1) is 6.03. The molecule has 2 saturated carbocycles. The van der Waals surface area contributed by atoms with Crippen molar-refractivity contribution in [2.45, 2.75) is 46.5 Å². The van der Waals surface area contributed by atoms with Crippen LogP contribution in [0.2, 0.25) is 0 Å². The van der Waals surface area contributed by atoms with Crippen LogP contribution in [0.15, 0.2) is 0 Å². The third-order valence-electron chi connectivity index (χ3n) is 4.45. The van der Waals surface area contributed by atoms with E-state index in [4.69, 9.17) is 0 Å². The Kier molecular flexibility index (Phi) is 2.01. The van der Waals surface area contributed by atoms with E-state index < -0.39 is 0 Å². The third kappa shape index (κ3) is 1.24. The summed E-state index contributed by atoms with van der Waals surface area (Å²) in [7, 11) is 0. The van der Waals surface area contributed by atoms with Crippen molar-refractivity contribution >= 4 is 5.78 Å². The molecule has 0 heterocycles. The van der Waals surface area contributed by atoms with Gasteiger partial charge in [0.25, 0.3) is 0 Å². The minimum Gasteiger partial charge on any atom is -0.299 e. The fourth-order valence-electron chi connectivity index (χ4n) is 3.48. The number of Topliss-reactive ketones (excluding diaryl/α,β-unsaturated/α-hetero) is 1. The van der Waals surface area contributed by atoms with Gasteiger partial charge in [0, 0.05) is 11.8 Å². The third-order valence-corrected chi connectivity index (χ3v) is 4.45. The zero-order valence-corrected chi connectivity index (χ0v) is 8.97. The van der Waals surface area contributed by atoms with Crippen molar-refractivity contribution in [1.82, 2.24) is 0 Å². The summed E-state index contributed by atoms with van der Waals surface area (Å²) in [5.74, 6) is 2.67. The van der Waals surface area contributed by atoms with Crippen LogP contribution in [0.4, 0.5) is 0 Å². The predicted molar refractivity (Wildman–Crippen MR) is 53.4 cm³/mol. The standard InChI is InChI=1S/C12H20O/c1-8-7-11(13)12(2,3)10-6-4-5-9(8)10/h8-10H,4-7H2,1-3H3. The molecule has 2 aliphatic carbocycles. The fourth-order valence-corrected chi connectivity index (χ4v) is 3.48. The SMILES string of the molecule is CC1CC(=O)C(C)(C)C2CCCC12. The molecule has 1 heteroatoms. The van der Waals surface area contributed by atoms with E-state index in [-0.39, 0.29) is 5.41 Å². The van der Waals surface area contributed by atoms with Crippen LogP contribution in [-0.2, 0) is 4.79 Å². The Morgan fingerprint density at radius 2 is 2.00 bits per heavy atom.